The summed E-state index contributed by atoms with van der Waals surface area (Å²) in [6.45, 7) is 1.23. The van der Waals surface area contributed by atoms with Crippen LogP contribution >= 0.6 is 22.9 Å². The largest absolute Gasteiger partial charge is 0.325 e. The van der Waals surface area contributed by atoms with Gasteiger partial charge in [-0.05, 0) is 6.07 Å². The van der Waals surface area contributed by atoms with Crippen LogP contribution in [0.2, 0.25) is 5.02 Å². The van der Waals surface area contributed by atoms with Crippen molar-refractivity contribution in [2.45, 2.75) is 11.8 Å². The molecule has 0 aliphatic carbocycles. The van der Waals surface area contributed by atoms with Gasteiger partial charge in [-0.1, -0.05) is 11.6 Å². The fourth-order valence-corrected chi connectivity index (χ4v) is 3.61. The number of thiazole rings is 1. The number of hydrogen-bond acceptors (Lipinski definition) is 5. The van der Waals surface area contributed by atoms with Crippen molar-refractivity contribution in [2.75, 3.05) is 10.0 Å². The third-order valence-corrected chi connectivity index (χ3v) is 4.76. The molecule has 112 valence electrons. The molecule has 1 aromatic heterocycles. The van der Waals surface area contributed by atoms with Gasteiger partial charge in [-0.2, -0.15) is 0 Å². The lowest BCUT2D eigenvalue weighted by Crippen LogP contribution is -2.15. The number of halogens is 2. The SMILES string of the molecule is CC(=O)Nc1cc(F)c(S(=O)(=O)Nc2nccs2)cc1Cl. The second kappa shape index (κ2) is 5.96. The number of nitrogens with one attached hydrogen (secondary N) is 2. The van der Waals surface area contributed by atoms with Gasteiger partial charge in [0.1, 0.15) is 10.7 Å². The monoisotopic (exact) mass is 349 g/mol. The van der Waals surface area contributed by atoms with E-state index in [1.54, 1.807) is 5.38 Å². The van der Waals surface area contributed by atoms with E-state index in [0.29, 0.717) is 0 Å². The molecule has 0 atom stereocenters. The molecule has 0 radical (unpaired) electrons. The predicted octanol–water partition coefficient (Wildman–Crippen LogP) is 2.69. The van der Waals surface area contributed by atoms with Crippen molar-refractivity contribution in [3.8, 4) is 0 Å². The fraction of sp³-hybridized carbons (Fsp3) is 0.0909. The number of amides is 1. The number of aromatic nitrogens is 1. The number of benzene rings is 1. The molecule has 1 heterocycles. The average molecular weight is 350 g/mol. The molecular formula is C11H9ClFN3O3S2. The lowest BCUT2D eigenvalue weighted by molar-refractivity contribution is -0.114. The zero-order valence-electron chi connectivity index (χ0n) is 10.6. The van der Waals surface area contributed by atoms with E-state index in [1.165, 1.54) is 13.1 Å². The second-order valence-corrected chi connectivity index (χ2v) is 6.84. The van der Waals surface area contributed by atoms with Gasteiger partial charge in [-0.3, -0.25) is 9.52 Å². The Labute approximate surface area is 129 Å². The highest BCUT2D eigenvalue weighted by molar-refractivity contribution is 7.93. The first kappa shape index (κ1) is 15.7. The minimum absolute atomic E-state index is 0.00475. The fourth-order valence-electron chi connectivity index (χ4n) is 1.46. The minimum Gasteiger partial charge on any atom is -0.325 e. The smallest absolute Gasteiger partial charge is 0.266 e. The molecule has 21 heavy (non-hydrogen) atoms. The molecule has 6 nitrogen and oxygen atoms in total. The van der Waals surface area contributed by atoms with Gasteiger partial charge in [-0.25, -0.2) is 17.8 Å². The third-order valence-electron chi connectivity index (χ3n) is 2.28. The molecular weight excluding hydrogens is 341 g/mol. The number of carbonyl (C=O) groups is 1. The Hall–Kier alpha value is -1.71. The van der Waals surface area contributed by atoms with Crippen molar-refractivity contribution in [1.82, 2.24) is 4.98 Å². The summed E-state index contributed by atoms with van der Waals surface area (Å²) >= 11 is 6.90. The van der Waals surface area contributed by atoms with E-state index in [-0.39, 0.29) is 15.8 Å². The molecule has 0 aliphatic heterocycles. The molecule has 0 spiro atoms. The van der Waals surface area contributed by atoms with Gasteiger partial charge in [0.25, 0.3) is 10.0 Å². The molecule has 1 aromatic carbocycles. The Balaban J connectivity index is 2.40. The van der Waals surface area contributed by atoms with Gasteiger partial charge in [0.2, 0.25) is 5.91 Å². The van der Waals surface area contributed by atoms with Crippen LogP contribution in [0, 0.1) is 5.82 Å². The highest BCUT2D eigenvalue weighted by Gasteiger charge is 2.22. The molecule has 1 amide bonds. The maximum absolute atomic E-state index is 14.0. The Morgan fingerprint density at radius 2 is 2.14 bits per heavy atom. The van der Waals surface area contributed by atoms with Gasteiger partial charge >= 0.3 is 0 Å². The van der Waals surface area contributed by atoms with E-state index in [2.05, 4.69) is 15.0 Å². The van der Waals surface area contributed by atoms with Crippen LogP contribution in [-0.2, 0) is 14.8 Å². The summed E-state index contributed by atoms with van der Waals surface area (Å²) in [5.74, 6) is -1.49. The third kappa shape index (κ3) is 3.69. The summed E-state index contributed by atoms with van der Waals surface area (Å²) in [4.78, 5) is 14.1. The van der Waals surface area contributed by atoms with Gasteiger partial charge in [-0.15, -0.1) is 11.3 Å². The van der Waals surface area contributed by atoms with Crippen LogP contribution in [0.1, 0.15) is 6.92 Å². The number of anilines is 2. The first-order chi connectivity index (χ1) is 9.79. The highest BCUT2D eigenvalue weighted by atomic mass is 35.5. The first-order valence-corrected chi connectivity index (χ1v) is 8.22. The summed E-state index contributed by atoms with van der Waals surface area (Å²) in [7, 11) is -4.16. The van der Waals surface area contributed by atoms with Crippen molar-refractivity contribution >= 4 is 49.7 Å². The Morgan fingerprint density at radius 1 is 1.43 bits per heavy atom. The molecule has 0 saturated heterocycles. The lowest BCUT2D eigenvalue weighted by atomic mass is 10.3. The minimum atomic E-state index is -4.16. The van der Waals surface area contributed by atoms with Crippen LogP contribution in [-0.4, -0.2) is 19.3 Å². The van der Waals surface area contributed by atoms with Crippen LogP contribution in [0.4, 0.5) is 15.2 Å². The maximum Gasteiger partial charge on any atom is 0.266 e. The van der Waals surface area contributed by atoms with Gasteiger partial charge in [0, 0.05) is 24.6 Å². The van der Waals surface area contributed by atoms with Crippen molar-refractivity contribution in [3.63, 3.8) is 0 Å². The molecule has 0 saturated carbocycles. The van der Waals surface area contributed by atoms with Crippen molar-refractivity contribution in [3.05, 3.63) is 34.5 Å². The van der Waals surface area contributed by atoms with Gasteiger partial charge in [0.15, 0.2) is 5.13 Å². The molecule has 0 aliphatic rings. The summed E-state index contributed by atoms with van der Waals surface area (Å²) < 4.78 is 40.2. The molecule has 0 bridgehead atoms. The average Bonchev–Trinajstić information content (AvgIpc) is 2.84. The van der Waals surface area contributed by atoms with Crippen LogP contribution in [0.5, 0.6) is 0 Å². The molecule has 10 heteroatoms. The van der Waals surface area contributed by atoms with E-state index in [4.69, 9.17) is 11.6 Å². The molecule has 2 rings (SSSR count). The van der Waals surface area contributed by atoms with E-state index in [1.807, 2.05) is 0 Å². The van der Waals surface area contributed by atoms with Crippen LogP contribution in [0.25, 0.3) is 0 Å². The summed E-state index contributed by atoms with van der Waals surface area (Å²) in [6, 6.07) is 1.78. The zero-order chi connectivity index (χ0) is 15.6. The first-order valence-electron chi connectivity index (χ1n) is 5.48. The molecule has 0 fully saturated rings. The molecule has 0 unspecified atom stereocenters. The Bertz CT molecular complexity index is 778. The Kier molecular flexibility index (Phi) is 4.45. The summed E-state index contributed by atoms with van der Waals surface area (Å²) in [5.41, 5.74) is -0.00475. The topological polar surface area (TPSA) is 88.2 Å². The van der Waals surface area contributed by atoms with E-state index in [0.717, 1.165) is 23.5 Å². The van der Waals surface area contributed by atoms with E-state index >= 15 is 0 Å². The van der Waals surface area contributed by atoms with Crippen molar-refractivity contribution in [2.24, 2.45) is 0 Å². The number of rotatable bonds is 4. The summed E-state index contributed by atoms with van der Waals surface area (Å²) in [6.07, 6.45) is 1.41. The van der Waals surface area contributed by atoms with E-state index < -0.39 is 26.6 Å². The van der Waals surface area contributed by atoms with Crippen molar-refractivity contribution < 1.29 is 17.6 Å². The summed E-state index contributed by atoms with van der Waals surface area (Å²) in [5, 5.41) is 3.89. The number of nitrogens with zero attached hydrogens (tertiary/aromatic N) is 1. The number of carbonyl (C=O) groups excluding carboxylic acids is 1. The number of sulfonamides is 1. The number of hydrogen-bond donors (Lipinski definition) is 2. The van der Waals surface area contributed by atoms with E-state index in [9.17, 15) is 17.6 Å². The molecule has 2 N–H and O–H groups in total. The second-order valence-electron chi connectivity index (χ2n) is 3.89. The lowest BCUT2D eigenvalue weighted by Gasteiger charge is -2.10. The van der Waals surface area contributed by atoms with Crippen LogP contribution in [0.15, 0.2) is 28.6 Å². The van der Waals surface area contributed by atoms with Gasteiger partial charge < -0.3 is 5.32 Å². The standard InChI is InChI=1S/C11H9ClFN3O3S2/c1-6(17)15-9-5-8(13)10(4-7(9)12)21(18,19)16-11-14-2-3-20-11/h2-5H,1H3,(H,14,16)(H,15,17). The normalized spacial score (nSPS) is 11.2. The van der Waals surface area contributed by atoms with Crippen LogP contribution < -0.4 is 10.0 Å². The molecule has 2 aromatic rings. The predicted molar refractivity (Wildman–Crippen MR) is 78.6 cm³/mol. The highest BCUT2D eigenvalue weighted by Crippen LogP contribution is 2.29. The Morgan fingerprint density at radius 3 is 2.71 bits per heavy atom. The van der Waals surface area contributed by atoms with Crippen molar-refractivity contribution in [1.29, 1.82) is 0 Å². The maximum atomic E-state index is 14.0. The zero-order valence-corrected chi connectivity index (χ0v) is 12.9. The quantitative estimate of drug-likeness (QED) is 0.888. The van der Waals surface area contributed by atoms with Crippen LogP contribution in [0.3, 0.4) is 0 Å². The van der Waals surface area contributed by atoms with Gasteiger partial charge in [0.05, 0.1) is 10.7 Å².